The van der Waals surface area contributed by atoms with Crippen LogP contribution >= 0.6 is 11.6 Å². The Kier molecular flexibility index (Phi) is 4.65. The van der Waals surface area contributed by atoms with Gasteiger partial charge in [-0.15, -0.1) is 0 Å². The topological polar surface area (TPSA) is 47.3 Å². The highest BCUT2D eigenvalue weighted by molar-refractivity contribution is 6.30. The fourth-order valence-corrected chi connectivity index (χ4v) is 2.63. The van der Waals surface area contributed by atoms with Crippen LogP contribution in [0.5, 0.6) is 5.75 Å². The zero-order valence-corrected chi connectivity index (χ0v) is 12.7. The van der Waals surface area contributed by atoms with Crippen molar-refractivity contribution in [2.45, 2.75) is 19.9 Å². The van der Waals surface area contributed by atoms with Crippen LogP contribution in [-0.4, -0.2) is 7.11 Å². The van der Waals surface area contributed by atoms with Crippen LogP contribution in [0.15, 0.2) is 36.4 Å². The summed E-state index contributed by atoms with van der Waals surface area (Å²) in [6.45, 7) is 4.15. The lowest BCUT2D eigenvalue weighted by Gasteiger charge is -2.20. The highest BCUT2D eigenvalue weighted by atomic mass is 35.5. The minimum Gasteiger partial charge on any atom is -0.496 e. The van der Waals surface area contributed by atoms with Crippen LogP contribution in [0.25, 0.3) is 0 Å². The molecule has 1 atom stereocenters. The number of hydrogen-bond donors (Lipinski definition) is 2. The summed E-state index contributed by atoms with van der Waals surface area (Å²) in [4.78, 5) is 0. The Balaban J connectivity index is 2.52. The molecular weight excluding hydrogens is 272 g/mol. The maximum Gasteiger partial charge on any atom is 0.125 e. The molecule has 0 heterocycles. The maximum atomic E-state index is 6.01. The van der Waals surface area contributed by atoms with Gasteiger partial charge in [-0.25, -0.2) is 5.43 Å². The Morgan fingerprint density at radius 3 is 2.30 bits per heavy atom. The number of methoxy groups -OCH3 is 1. The van der Waals surface area contributed by atoms with E-state index in [9.17, 15) is 0 Å². The largest absolute Gasteiger partial charge is 0.496 e. The normalized spacial score (nSPS) is 12.2. The smallest absolute Gasteiger partial charge is 0.125 e. The minimum absolute atomic E-state index is 0.138. The number of aryl methyl sites for hydroxylation is 2. The fourth-order valence-electron chi connectivity index (χ4n) is 2.47. The van der Waals surface area contributed by atoms with Crippen molar-refractivity contribution in [3.05, 3.63) is 63.7 Å². The third-order valence-electron chi connectivity index (χ3n) is 3.25. The van der Waals surface area contributed by atoms with Crippen molar-refractivity contribution in [1.29, 1.82) is 0 Å². The first-order chi connectivity index (χ1) is 9.55. The molecule has 1 unspecified atom stereocenters. The molecule has 0 saturated carbocycles. The summed E-state index contributed by atoms with van der Waals surface area (Å²) in [5.74, 6) is 6.48. The van der Waals surface area contributed by atoms with E-state index in [1.54, 1.807) is 13.2 Å². The summed E-state index contributed by atoms with van der Waals surface area (Å²) in [6, 6.07) is 11.8. The van der Waals surface area contributed by atoms with Gasteiger partial charge in [-0.3, -0.25) is 5.84 Å². The highest BCUT2D eigenvalue weighted by Crippen LogP contribution is 2.32. The van der Waals surface area contributed by atoms with Crippen molar-refractivity contribution in [2.24, 2.45) is 5.84 Å². The van der Waals surface area contributed by atoms with Gasteiger partial charge < -0.3 is 4.74 Å². The molecule has 0 radical (unpaired) electrons. The summed E-state index contributed by atoms with van der Waals surface area (Å²) in [7, 11) is 1.63. The molecule has 0 saturated heterocycles. The van der Waals surface area contributed by atoms with Gasteiger partial charge in [0.15, 0.2) is 0 Å². The van der Waals surface area contributed by atoms with Crippen molar-refractivity contribution in [1.82, 2.24) is 5.43 Å². The zero-order chi connectivity index (χ0) is 14.7. The molecule has 2 aromatic carbocycles. The van der Waals surface area contributed by atoms with Crippen molar-refractivity contribution in [3.8, 4) is 5.75 Å². The van der Waals surface area contributed by atoms with Crippen molar-refractivity contribution in [2.75, 3.05) is 7.11 Å². The van der Waals surface area contributed by atoms with E-state index in [0.29, 0.717) is 5.02 Å². The molecule has 0 aliphatic heterocycles. The molecule has 20 heavy (non-hydrogen) atoms. The highest BCUT2D eigenvalue weighted by Gasteiger charge is 2.17. The Labute approximate surface area is 124 Å². The van der Waals surface area contributed by atoms with E-state index >= 15 is 0 Å². The first-order valence-corrected chi connectivity index (χ1v) is 6.80. The van der Waals surface area contributed by atoms with Gasteiger partial charge in [0.2, 0.25) is 0 Å². The number of halogens is 1. The van der Waals surface area contributed by atoms with Crippen LogP contribution in [-0.2, 0) is 0 Å². The Morgan fingerprint density at radius 2 is 1.75 bits per heavy atom. The lowest BCUT2D eigenvalue weighted by atomic mass is 9.95. The molecule has 106 valence electrons. The molecule has 3 N–H and O–H groups in total. The van der Waals surface area contributed by atoms with Gasteiger partial charge in [0.25, 0.3) is 0 Å². The molecule has 0 aliphatic carbocycles. The standard InChI is InChI=1S/C16H19ClN2O/c1-10-6-11(2)8-12(7-10)16(19-18)14-5-4-13(17)9-15(14)20-3/h4-9,16,19H,18H2,1-3H3. The summed E-state index contributed by atoms with van der Waals surface area (Å²) in [6.07, 6.45) is 0. The Bertz CT molecular complexity index is 593. The van der Waals surface area contributed by atoms with Crippen LogP contribution in [0.4, 0.5) is 0 Å². The van der Waals surface area contributed by atoms with Gasteiger partial charge in [0, 0.05) is 10.6 Å². The van der Waals surface area contributed by atoms with Gasteiger partial charge >= 0.3 is 0 Å². The minimum atomic E-state index is -0.138. The molecule has 0 amide bonds. The summed E-state index contributed by atoms with van der Waals surface area (Å²) in [5.41, 5.74) is 7.33. The van der Waals surface area contributed by atoms with Crippen LogP contribution < -0.4 is 16.0 Å². The molecular formula is C16H19ClN2O. The lowest BCUT2D eigenvalue weighted by molar-refractivity contribution is 0.404. The van der Waals surface area contributed by atoms with E-state index in [1.165, 1.54) is 11.1 Å². The molecule has 0 fully saturated rings. The third-order valence-corrected chi connectivity index (χ3v) is 3.49. The number of benzene rings is 2. The van der Waals surface area contributed by atoms with Gasteiger partial charge in [-0.05, 0) is 31.5 Å². The number of nitrogens with one attached hydrogen (secondary N) is 1. The number of ether oxygens (including phenoxy) is 1. The quantitative estimate of drug-likeness (QED) is 0.669. The Morgan fingerprint density at radius 1 is 1.10 bits per heavy atom. The van der Waals surface area contributed by atoms with E-state index in [-0.39, 0.29) is 6.04 Å². The molecule has 3 nitrogen and oxygen atoms in total. The molecule has 2 aromatic rings. The van der Waals surface area contributed by atoms with Crippen molar-refractivity contribution in [3.63, 3.8) is 0 Å². The summed E-state index contributed by atoms with van der Waals surface area (Å²) < 4.78 is 5.41. The lowest BCUT2D eigenvalue weighted by Crippen LogP contribution is -2.29. The molecule has 0 spiro atoms. The van der Waals surface area contributed by atoms with E-state index in [0.717, 1.165) is 16.9 Å². The number of hydrazine groups is 1. The summed E-state index contributed by atoms with van der Waals surface area (Å²) >= 11 is 6.01. The second-order valence-electron chi connectivity index (χ2n) is 4.91. The fraction of sp³-hybridized carbons (Fsp3) is 0.250. The SMILES string of the molecule is COc1cc(Cl)ccc1C(NN)c1cc(C)cc(C)c1. The van der Waals surface area contributed by atoms with Gasteiger partial charge in [-0.2, -0.15) is 0 Å². The van der Waals surface area contributed by atoms with Crippen LogP contribution in [0, 0.1) is 13.8 Å². The second kappa shape index (κ2) is 6.27. The molecule has 0 bridgehead atoms. The zero-order valence-electron chi connectivity index (χ0n) is 11.9. The predicted octanol–water partition coefficient (Wildman–Crippen LogP) is 3.52. The van der Waals surface area contributed by atoms with E-state index in [1.807, 2.05) is 12.1 Å². The third kappa shape index (κ3) is 3.12. The van der Waals surface area contributed by atoms with Crippen molar-refractivity contribution < 1.29 is 4.74 Å². The number of hydrogen-bond acceptors (Lipinski definition) is 3. The summed E-state index contributed by atoms with van der Waals surface area (Å²) in [5, 5.41) is 0.641. The molecule has 2 rings (SSSR count). The van der Waals surface area contributed by atoms with E-state index in [4.69, 9.17) is 22.2 Å². The maximum absolute atomic E-state index is 6.01. The predicted molar refractivity (Wildman–Crippen MR) is 83.1 cm³/mol. The van der Waals surface area contributed by atoms with Crippen molar-refractivity contribution >= 4 is 11.6 Å². The van der Waals surface area contributed by atoms with Gasteiger partial charge in [-0.1, -0.05) is 47.0 Å². The molecule has 0 aromatic heterocycles. The van der Waals surface area contributed by atoms with Gasteiger partial charge in [0.05, 0.1) is 13.2 Å². The average molecular weight is 291 g/mol. The van der Waals surface area contributed by atoms with Crippen LogP contribution in [0.3, 0.4) is 0 Å². The van der Waals surface area contributed by atoms with E-state index < -0.39 is 0 Å². The first-order valence-electron chi connectivity index (χ1n) is 6.43. The number of rotatable bonds is 4. The molecule has 4 heteroatoms. The average Bonchev–Trinajstić information content (AvgIpc) is 2.40. The monoisotopic (exact) mass is 290 g/mol. The van der Waals surface area contributed by atoms with Crippen LogP contribution in [0.2, 0.25) is 5.02 Å². The van der Waals surface area contributed by atoms with Crippen LogP contribution in [0.1, 0.15) is 28.3 Å². The molecule has 0 aliphatic rings. The number of nitrogens with two attached hydrogens (primary N) is 1. The van der Waals surface area contributed by atoms with E-state index in [2.05, 4.69) is 37.5 Å². The second-order valence-corrected chi connectivity index (χ2v) is 5.34. The van der Waals surface area contributed by atoms with Gasteiger partial charge in [0.1, 0.15) is 5.75 Å². The first kappa shape index (κ1) is 14.9. The Hall–Kier alpha value is -1.55.